The molecule has 2 aliphatic heterocycles. The van der Waals surface area contributed by atoms with Gasteiger partial charge in [-0.05, 0) is 36.6 Å². The first-order chi connectivity index (χ1) is 18.4. The van der Waals surface area contributed by atoms with E-state index < -0.39 is 68.2 Å². The van der Waals surface area contributed by atoms with Crippen molar-refractivity contribution in [3.05, 3.63) is 53.1 Å². The summed E-state index contributed by atoms with van der Waals surface area (Å²) in [6, 6.07) is 8.24. The molecule has 212 valence electrons. The second kappa shape index (κ2) is 12.8. The van der Waals surface area contributed by atoms with Crippen LogP contribution in [0, 0.1) is 11.8 Å². The van der Waals surface area contributed by atoms with E-state index in [1.54, 1.807) is 30.3 Å². The van der Waals surface area contributed by atoms with E-state index in [2.05, 4.69) is 10.0 Å². The molecule has 0 radical (unpaired) electrons. The van der Waals surface area contributed by atoms with Crippen molar-refractivity contribution in [3.8, 4) is 5.75 Å². The van der Waals surface area contributed by atoms with Gasteiger partial charge in [0.2, 0.25) is 5.91 Å². The first-order valence-electron chi connectivity index (χ1n) is 12.5. The van der Waals surface area contributed by atoms with Gasteiger partial charge in [0.1, 0.15) is 17.4 Å². The number of benzene rings is 1. The number of esters is 1. The van der Waals surface area contributed by atoms with Gasteiger partial charge in [0, 0.05) is 11.1 Å². The minimum atomic E-state index is -4.04. The normalized spacial score (nSPS) is 27.1. The molecule has 39 heavy (non-hydrogen) atoms. The molecule has 1 amide bonds. The molecule has 1 unspecified atom stereocenters. The number of azide groups is 1. The van der Waals surface area contributed by atoms with Crippen LogP contribution in [0.3, 0.4) is 0 Å². The van der Waals surface area contributed by atoms with Crippen LogP contribution < -0.4 is 4.52 Å². The highest BCUT2D eigenvalue weighted by atomic mass is 31.2. The number of ether oxygens (including phenoxy) is 2. The number of hydrogen-bond acceptors (Lipinski definition) is 10. The van der Waals surface area contributed by atoms with E-state index in [0.29, 0.717) is 0 Å². The van der Waals surface area contributed by atoms with Gasteiger partial charge in [-0.1, -0.05) is 44.1 Å². The minimum absolute atomic E-state index is 0.115. The van der Waals surface area contributed by atoms with Crippen LogP contribution in [0.4, 0.5) is 0 Å². The molecule has 1 fully saturated rings. The van der Waals surface area contributed by atoms with E-state index in [0.717, 1.165) is 4.90 Å². The molecule has 0 spiro atoms. The Morgan fingerprint density at radius 1 is 1.31 bits per heavy atom. The molecule has 1 aromatic rings. The van der Waals surface area contributed by atoms with E-state index >= 15 is 0 Å². The number of nitrogens with zero attached hydrogens (tertiary/aromatic N) is 4. The van der Waals surface area contributed by atoms with Gasteiger partial charge in [0.05, 0.1) is 37.8 Å². The van der Waals surface area contributed by atoms with Crippen LogP contribution in [-0.4, -0.2) is 71.0 Å². The van der Waals surface area contributed by atoms with Gasteiger partial charge in [0.25, 0.3) is 0 Å². The number of aliphatic hydroxyl groups is 1. The maximum absolute atomic E-state index is 13.9. The number of ketones is 1. The number of amides is 1. The molecular weight excluding hydrogens is 531 g/mol. The van der Waals surface area contributed by atoms with Crippen molar-refractivity contribution < 1.29 is 42.6 Å². The fourth-order valence-corrected chi connectivity index (χ4v) is 5.95. The van der Waals surface area contributed by atoms with E-state index in [1.165, 1.54) is 26.1 Å². The summed E-state index contributed by atoms with van der Waals surface area (Å²) >= 11 is 0. The molecule has 14 heteroatoms. The number of aliphatic hydroxyl groups excluding tert-OH is 1. The van der Waals surface area contributed by atoms with Crippen molar-refractivity contribution in [2.24, 2.45) is 17.0 Å². The zero-order valence-electron chi connectivity index (χ0n) is 22.2. The Morgan fingerprint density at radius 3 is 2.62 bits per heavy atom. The number of para-hydroxylation sites is 1. The molecule has 2 aliphatic rings. The van der Waals surface area contributed by atoms with Crippen molar-refractivity contribution in [1.29, 1.82) is 0 Å². The van der Waals surface area contributed by atoms with Gasteiger partial charge in [-0.15, -0.1) is 0 Å². The Morgan fingerprint density at radius 2 is 2.00 bits per heavy atom. The fourth-order valence-electron chi connectivity index (χ4n) is 4.08. The Labute approximate surface area is 226 Å². The van der Waals surface area contributed by atoms with Gasteiger partial charge in [-0.2, -0.15) is 0 Å². The minimum Gasteiger partial charge on any atom is -0.465 e. The van der Waals surface area contributed by atoms with Crippen LogP contribution in [0.2, 0.25) is 0 Å². The van der Waals surface area contributed by atoms with Crippen LogP contribution in [0.1, 0.15) is 34.1 Å². The second-order valence-electron chi connectivity index (χ2n) is 10.1. The smallest absolute Gasteiger partial charge is 0.380 e. The maximum atomic E-state index is 13.9. The van der Waals surface area contributed by atoms with Gasteiger partial charge < -0.3 is 19.1 Å². The molecule has 0 aliphatic carbocycles. The molecular formula is C25H33N4O9P. The predicted molar refractivity (Wildman–Crippen MR) is 138 cm³/mol. The molecule has 3 rings (SSSR count). The Hall–Kier alpha value is -3.21. The maximum Gasteiger partial charge on any atom is 0.380 e. The molecule has 2 heterocycles. The molecule has 13 nitrogen and oxygen atoms in total. The molecule has 6 atom stereocenters. The lowest BCUT2D eigenvalue weighted by Crippen LogP contribution is -2.52. The Kier molecular flexibility index (Phi) is 9.93. The highest BCUT2D eigenvalue weighted by molar-refractivity contribution is 7.54. The molecule has 1 N–H and O–H groups in total. The van der Waals surface area contributed by atoms with Crippen molar-refractivity contribution in [2.75, 3.05) is 19.4 Å². The average Bonchev–Trinajstić information content (AvgIpc) is 3.11. The lowest BCUT2D eigenvalue weighted by atomic mass is 9.92. The van der Waals surface area contributed by atoms with E-state index in [9.17, 15) is 24.1 Å². The summed E-state index contributed by atoms with van der Waals surface area (Å²) in [5.41, 5.74) is 7.48. The summed E-state index contributed by atoms with van der Waals surface area (Å²) < 4.78 is 36.4. The van der Waals surface area contributed by atoms with Crippen molar-refractivity contribution >= 4 is 25.3 Å². The summed E-state index contributed by atoms with van der Waals surface area (Å²) in [6.45, 7) is 6.42. The Balaban J connectivity index is 1.81. The molecule has 1 saturated heterocycles. The number of hydrogen-bond donors (Lipinski definition) is 1. The number of carbonyl (C=O) groups is 3. The summed E-state index contributed by atoms with van der Waals surface area (Å²) in [5, 5.41) is 14.7. The van der Waals surface area contributed by atoms with Crippen LogP contribution >= 0.6 is 7.60 Å². The second-order valence-corrected chi connectivity index (χ2v) is 12.1. The SMILES string of the molecule is CC(C)COC(=O)[C@@H](C)CP(=O)(OC[C@H]1O[C@@H](N2C=CC(=O)CC2=O)[C@](C)(N=[N+]=[N-])[C@@H]1O)Oc1ccccc1. The predicted octanol–water partition coefficient (Wildman–Crippen LogP) is 3.58. The van der Waals surface area contributed by atoms with Crippen molar-refractivity contribution in [2.45, 2.75) is 58.1 Å². The summed E-state index contributed by atoms with van der Waals surface area (Å²) in [7, 11) is -4.04. The zero-order chi connectivity index (χ0) is 28.8. The van der Waals surface area contributed by atoms with Gasteiger partial charge in [0.15, 0.2) is 12.0 Å². The third-order valence-corrected chi connectivity index (χ3v) is 8.21. The quantitative estimate of drug-likeness (QED) is 0.0992. The summed E-state index contributed by atoms with van der Waals surface area (Å²) in [6.07, 6.45) is -2.32. The largest absolute Gasteiger partial charge is 0.465 e. The van der Waals surface area contributed by atoms with E-state index in [1.807, 2.05) is 13.8 Å². The first kappa shape index (κ1) is 30.3. The van der Waals surface area contributed by atoms with Gasteiger partial charge in [-0.3, -0.25) is 23.8 Å². The molecule has 0 bridgehead atoms. The lowest BCUT2D eigenvalue weighted by Gasteiger charge is -2.35. The average molecular weight is 565 g/mol. The van der Waals surface area contributed by atoms with Gasteiger partial charge >= 0.3 is 13.6 Å². The monoisotopic (exact) mass is 564 g/mol. The lowest BCUT2D eigenvalue weighted by molar-refractivity contribution is -0.148. The topological polar surface area (TPSA) is 177 Å². The number of rotatable bonds is 12. The zero-order valence-corrected chi connectivity index (χ0v) is 23.1. The van der Waals surface area contributed by atoms with Gasteiger partial charge in [-0.25, -0.2) is 4.57 Å². The third kappa shape index (κ3) is 7.46. The van der Waals surface area contributed by atoms with E-state index in [-0.39, 0.29) is 24.4 Å². The van der Waals surface area contributed by atoms with Crippen LogP contribution in [-0.2, 0) is 32.9 Å². The fraction of sp³-hybridized carbons (Fsp3) is 0.560. The van der Waals surface area contributed by atoms with Crippen molar-refractivity contribution in [1.82, 2.24) is 4.90 Å². The van der Waals surface area contributed by atoms with Crippen LogP contribution in [0.25, 0.3) is 10.4 Å². The first-order valence-corrected chi connectivity index (χ1v) is 14.2. The highest BCUT2D eigenvalue weighted by Gasteiger charge is 2.56. The highest BCUT2D eigenvalue weighted by Crippen LogP contribution is 2.51. The Bertz CT molecular complexity index is 1190. The summed E-state index contributed by atoms with van der Waals surface area (Å²) in [5.74, 6) is -2.07. The molecule has 0 aromatic heterocycles. The number of allylic oxidation sites excluding steroid dienone is 1. The molecule has 1 aromatic carbocycles. The van der Waals surface area contributed by atoms with E-state index in [4.69, 9.17) is 24.1 Å². The van der Waals surface area contributed by atoms with Crippen LogP contribution in [0.5, 0.6) is 5.75 Å². The molecule has 0 saturated carbocycles. The number of carbonyl (C=O) groups excluding carboxylic acids is 3. The standard InChI is InChI=1S/C25H33N4O9P/c1-16(2)13-35-23(33)17(3)15-39(34,38-19-8-6-5-7-9-19)36-14-20-22(32)25(4,27-28-26)24(37-20)29-11-10-18(30)12-21(29)31/h5-11,16-17,20,22,24,32H,12-15H2,1-4H3/t17-,20+,22+,24+,25+,39?/m0/s1. The van der Waals surface area contributed by atoms with Crippen LogP contribution in [0.15, 0.2) is 47.7 Å². The summed E-state index contributed by atoms with van der Waals surface area (Å²) in [4.78, 5) is 40.5. The van der Waals surface area contributed by atoms with Crippen molar-refractivity contribution in [3.63, 3.8) is 0 Å². The third-order valence-electron chi connectivity index (χ3n) is 6.18.